The van der Waals surface area contributed by atoms with Gasteiger partial charge < -0.3 is 20.3 Å². The SMILES string of the molecule is COc1ccc(NC(=O)c2ccc(CNc3c(N4CCC(C)CC4)c(=O)c3=O)cc2)cc1. The number of benzene rings is 2. The highest BCUT2D eigenvalue weighted by molar-refractivity contribution is 6.04. The van der Waals surface area contributed by atoms with Crippen molar-refractivity contribution in [1.29, 1.82) is 0 Å². The van der Waals surface area contributed by atoms with Gasteiger partial charge in [0.1, 0.15) is 17.1 Å². The van der Waals surface area contributed by atoms with Crippen molar-refractivity contribution in [2.24, 2.45) is 5.92 Å². The lowest BCUT2D eigenvalue weighted by Gasteiger charge is -2.33. The average molecular weight is 434 g/mol. The van der Waals surface area contributed by atoms with Gasteiger partial charge in [-0.15, -0.1) is 0 Å². The van der Waals surface area contributed by atoms with Crippen molar-refractivity contribution in [2.75, 3.05) is 35.7 Å². The van der Waals surface area contributed by atoms with Crippen molar-refractivity contribution < 1.29 is 9.53 Å². The minimum Gasteiger partial charge on any atom is -0.497 e. The lowest BCUT2D eigenvalue weighted by atomic mass is 9.98. The molecule has 1 saturated heterocycles. The number of nitrogens with one attached hydrogen (secondary N) is 2. The molecule has 0 bridgehead atoms. The number of carbonyl (C=O) groups is 1. The fourth-order valence-electron chi connectivity index (χ4n) is 3.92. The second-order valence-corrected chi connectivity index (χ2v) is 8.28. The van der Waals surface area contributed by atoms with Crippen LogP contribution in [0.5, 0.6) is 5.75 Å². The molecule has 3 aromatic rings. The molecule has 3 aromatic carbocycles. The highest BCUT2D eigenvalue weighted by atomic mass is 16.5. The van der Waals surface area contributed by atoms with Crippen LogP contribution in [0.4, 0.5) is 17.1 Å². The number of amides is 1. The molecule has 2 N–H and O–H groups in total. The second-order valence-electron chi connectivity index (χ2n) is 8.28. The summed E-state index contributed by atoms with van der Waals surface area (Å²) >= 11 is 0. The van der Waals surface area contributed by atoms with Gasteiger partial charge in [-0.2, -0.15) is 0 Å². The maximum Gasteiger partial charge on any atom is 0.255 e. The summed E-state index contributed by atoms with van der Waals surface area (Å²) in [4.78, 5) is 38.7. The number of hydrogen-bond acceptors (Lipinski definition) is 6. The zero-order chi connectivity index (χ0) is 22.7. The lowest BCUT2D eigenvalue weighted by molar-refractivity contribution is 0.102. The van der Waals surface area contributed by atoms with Crippen LogP contribution in [-0.2, 0) is 6.54 Å². The number of anilines is 3. The van der Waals surface area contributed by atoms with Crippen molar-refractivity contribution in [1.82, 2.24) is 0 Å². The first-order chi connectivity index (χ1) is 15.5. The van der Waals surface area contributed by atoms with E-state index in [4.69, 9.17) is 4.74 Å². The Labute approximate surface area is 186 Å². The smallest absolute Gasteiger partial charge is 0.255 e. The Morgan fingerprint density at radius 1 is 1.00 bits per heavy atom. The van der Waals surface area contributed by atoms with E-state index in [1.807, 2.05) is 17.0 Å². The van der Waals surface area contributed by atoms with E-state index in [2.05, 4.69) is 17.6 Å². The zero-order valence-electron chi connectivity index (χ0n) is 18.3. The van der Waals surface area contributed by atoms with E-state index in [1.165, 1.54) is 0 Å². The zero-order valence-corrected chi connectivity index (χ0v) is 18.3. The van der Waals surface area contributed by atoms with Gasteiger partial charge in [0.15, 0.2) is 0 Å². The maximum atomic E-state index is 12.5. The molecule has 0 spiro atoms. The molecule has 0 aromatic heterocycles. The Bertz CT molecular complexity index is 1150. The van der Waals surface area contributed by atoms with Gasteiger partial charge in [-0.05, 0) is 60.7 Å². The Kier molecular flexibility index (Phi) is 6.25. The highest BCUT2D eigenvalue weighted by Gasteiger charge is 2.28. The number of methoxy groups -OCH3 is 1. The molecule has 0 aliphatic carbocycles. The number of nitrogens with zero attached hydrogens (tertiary/aromatic N) is 1. The Balaban J connectivity index is 1.36. The van der Waals surface area contributed by atoms with Crippen LogP contribution in [-0.4, -0.2) is 26.1 Å². The van der Waals surface area contributed by atoms with E-state index in [0.29, 0.717) is 35.1 Å². The minimum atomic E-state index is -0.450. The predicted molar refractivity (Wildman–Crippen MR) is 127 cm³/mol. The third kappa shape index (κ3) is 4.51. The van der Waals surface area contributed by atoms with Crippen molar-refractivity contribution in [3.05, 3.63) is 80.1 Å². The number of rotatable bonds is 7. The first-order valence-corrected chi connectivity index (χ1v) is 10.8. The monoisotopic (exact) mass is 433 g/mol. The summed E-state index contributed by atoms with van der Waals surface area (Å²) in [5.41, 5.74) is 2.21. The normalized spacial score (nSPS) is 14.4. The summed E-state index contributed by atoms with van der Waals surface area (Å²) in [5, 5.41) is 5.98. The summed E-state index contributed by atoms with van der Waals surface area (Å²) in [6.45, 7) is 4.22. The molecule has 0 atom stereocenters. The Hall–Kier alpha value is -3.61. The van der Waals surface area contributed by atoms with E-state index in [0.717, 1.165) is 37.2 Å². The number of ether oxygens (including phenoxy) is 1. The van der Waals surface area contributed by atoms with Gasteiger partial charge in [-0.3, -0.25) is 14.4 Å². The predicted octanol–water partition coefficient (Wildman–Crippen LogP) is 3.39. The standard InChI is InChI=1S/C25H27N3O4/c1-16-11-13-28(14-12-16)22-21(23(29)24(22)30)26-15-17-3-5-18(6-4-17)25(31)27-19-7-9-20(32-2)10-8-19/h3-10,16,26H,11-15H2,1-2H3,(H,27,31). The van der Waals surface area contributed by atoms with Crippen molar-refractivity contribution in [3.8, 4) is 5.75 Å². The van der Waals surface area contributed by atoms with Crippen molar-refractivity contribution in [2.45, 2.75) is 26.3 Å². The molecule has 32 heavy (non-hydrogen) atoms. The molecule has 1 amide bonds. The summed E-state index contributed by atoms with van der Waals surface area (Å²) in [6.07, 6.45) is 2.05. The summed E-state index contributed by atoms with van der Waals surface area (Å²) < 4.78 is 5.12. The second kappa shape index (κ2) is 9.26. The van der Waals surface area contributed by atoms with Crippen LogP contribution in [0.15, 0.2) is 58.1 Å². The van der Waals surface area contributed by atoms with Crippen LogP contribution in [0.1, 0.15) is 35.7 Å². The van der Waals surface area contributed by atoms with E-state index in [9.17, 15) is 14.4 Å². The van der Waals surface area contributed by atoms with Gasteiger partial charge in [0, 0.05) is 30.9 Å². The number of carbonyl (C=O) groups excluding carboxylic acids is 1. The molecule has 1 fully saturated rings. The van der Waals surface area contributed by atoms with Gasteiger partial charge in [-0.1, -0.05) is 19.1 Å². The molecule has 1 aliphatic heterocycles. The van der Waals surface area contributed by atoms with Crippen LogP contribution in [0.2, 0.25) is 0 Å². The van der Waals surface area contributed by atoms with Crippen LogP contribution in [0, 0.1) is 5.92 Å². The van der Waals surface area contributed by atoms with Gasteiger partial charge >= 0.3 is 0 Å². The summed E-state index contributed by atoms with van der Waals surface area (Å²) in [5.74, 6) is 1.16. The van der Waals surface area contributed by atoms with Gasteiger partial charge in [0.2, 0.25) is 0 Å². The first-order valence-electron chi connectivity index (χ1n) is 10.8. The van der Waals surface area contributed by atoms with Gasteiger partial charge in [0.05, 0.1) is 7.11 Å². The molecule has 7 heteroatoms. The van der Waals surface area contributed by atoms with Crippen molar-refractivity contribution in [3.63, 3.8) is 0 Å². The van der Waals surface area contributed by atoms with Gasteiger partial charge in [-0.25, -0.2) is 0 Å². The lowest BCUT2D eigenvalue weighted by Crippen LogP contribution is -2.45. The first kappa shape index (κ1) is 21.6. The number of hydrogen-bond donors (Lipinski definition) is 2. The fourth-order valence-corrected chi connectivity index (χ4v) is 3.92. The van der Waals surface area contributed by atoms with E-state index in [-0.39, 0.29) is 5.91 Å². The Morgan fingerprint density at radius 3 is 2.28 bits per heavy atom. The molecule has 166 valence electrons. The minimum absolute atomic E-state index is 0.209. The van der Waals surface area contributed by atoms with Crippen LogP contribution in [0.25, 0.3) is 0 Å². The molecule has 1 heterocycles. The van der Waals surface area contributed by atoms with E-state index < -0.39 is 10.9 Å². The summed E-state index contributed by atoms with van der Waals surface area (Å²) in [7, 11) is 1.59. The molecule has 0 radical (unpaired) electrons. The average Bonchev–Trinajstić information content (AvgIpc) is 2.83. The molecular weight excluding hydrogens is 406 g/mol. The number of piperidine rings is 1. The highest BCUT2D eigenvalue weighted by Crippen LogP contribution is 2.26. The van der Waals surface area contributed by atoms with E-state index >= 15 is 0 Å². The van der Waals surface area contributed by atoms with Gasteiger partial charge in [0.25, 0.3) is 16.8 Å². The third-order valence-corrected chi connectivity index (χ3v) is 6.02. The summed E-state index contributed by atoms with van der Waals surface area (Å²) in [6, 6.07) is 14.3. The topological polar surface area (TPSA) is 87.7 Å². The van der Waals surface area contributed by atoms with Crippen LogP contribution >= 0.6 is 0 Å². The molecule has 1 aliphatic rings. The van der Waals surface area contributed by atoms with Crippen molar-refractivity contribution >= 4 is 23.0 Å². The molecule has 7 nitrogen and oxygen atoms in total. The largest absolute Gasteiger partial charge is 0.497 e. The van der Waals surface area contributed by atoms with Crippen LogP contribution < -0.4 is 31.1 Å². The third-order valence-electron chi connectivity index (χ3n) is 6.02. The molecular formula is C25H27N3O4. The molecule has 0 unspecified atom stereocenters. The quantitative estimate of drug-likeness (QED) is 0.556. The fraction of sp³-hybridized carbons (Fsp3) is 0.320. The van der Waals surface area contributed by atoms with E-state index in [1.54, 1.807) is 43.5 Å². The molecule has 4 rings (SSSR count). The Morgan fingerprint density at radius 2 is 1.66 bits per heavy atom. The van der Waals surface area contributed by atoms with Crippen LogP contribution in [0.3, 0.4) is 0 Å². The molecule has 0 saturated carbocycles. The maximum absolute atomic E-state index is 12.5.